The topological polar surface area (TPSA) is 124 Å². The SMILES string of the molecule is CC(=O)O[C@H](COC(=O)c1ccccc1)C(=O)O.O=C=O. The van der Waals surface area contributed by atoms with Gasteiger partial charge in [0.25, 0.3) is 0 Å². The number of carbonyl (C=O) groups is 3. The Labute approximate surface area is 119 Å². The average molecular weight is 296 g/mol. The van der Waals surface area contributed by atoms with Crippen LogP contribution < -0.4 is 0 Å². The molecule has 0 aliphatic rings. The van der Waals surface area contributed by atoms with Crippen LogP contribution in [0.4, 0.5) is 0 Å². The summed E-state index contributed by atoms with van der Waals surface area (Å²) in [4.78, 5) is 49.1. The van der Waals surface area contributed by atoms with Crippen LogP contribution in [0.5, 0.6) is 0 Å². The summed E-state index contributed by atoms with van der Waals surface area (Å²) in [6.45, 7) is 0.553. The van der Waals surface area contributed by atoms with E-state index in [0.29, 0.717) is 5.56 Å². The molecule has 112 valence electrons. The average Bonchev–Trinajstić information content (AvgIpc) is 2.44. The van der Waals surface area contributed by atoms with E-state index in [-0.39, 0.29) is 6.15 Å². The second kappa shape index (κ2) is 9.88. The van der Waals surface area contributed by atoms with E-state index >= 15 is 0 Å². The van der Waals surface area contributed by atoms with Crippen molar-refractivity contribution in [3.8, 4) is 0 Å². The van der Waals surface area contributed by atoms with E-state index in [1.54, 1.807) is 18.2 Å². The van der Waals surface area contributed by atoms with Gasteiger partial charge in [0.1, 0.15) is 6.61 Å². The Morgan fingerprint density at radius 1 is 1.19 bits per heavy atom. The van der Waals surface area contributed by atoms with Crippen molar-refractivity contribution in [1.29, 1.82) is 0 Å². The maximum absolute atomic E-state index is 11.5. The molecule has 1 aromatic rings. The lowest BCUT2D eigenvalue weighted by atomic mass is 10.2. The molecule has 0 aliphatic carbocycles. The Bertz CT molecular complexity index is 516. The molecular weight excluding hydrogens is 284 g/mol. The van der Waals surface area contributed by atoms with Crippen LogP contribution in [0, 0.1) is 0 Å². The molecule has 0 saturated carbocycles. The molecule has 0 spiro atoms. The summed E-state index contributed by atoms with van der Waals surface area (Å²) >= 11 is 0. The Morgan fingerprint density at radius 2 is 1.71 bits per heavy atom. The van der Waals surface area contributed by atoms with Gasteiger partial charge in [-0.1, -0.05) is 18.2 Å². The Hall–Kier alpha value is -2.99. The van der Waals surface area contributed by atoms with Crippen LogP contribution in [0.2, 0.25) is 0 Å². The monoisotopic (exact) mass is 296 g/mol. The number of carboxylic acids is 1. The zero-order valence-electron chi connectivity index (χ0n) is 11.0. The summed E-state index contributed by atoms with van der Waals surface area (Å²) in [6.07, 6.45) is -1.24. The molecule has 1 atom stereocenters. The molecule has 8 heteroatoms. The standard InChI is InChI=1S/C12H12O6.CO2/c1-8(13)18-10(11(14)15)7-17-12(16)9-5-3-2-4-6-9;2-1-3/h2-6,10H,7H2,1H3,(H,14,15);/t10-;/m1./s1. The summed E-state index contributed by atoms with van der Waals surface area (Å²) in [5.41, 5.74) is 0.296. The molecule has 1 aromatic carbocycles. The van der Waals surface area contributed by atoms with Crippen LogP contribution in [0.25, 0.3) is 0 Å². The first-order valence-electron chi connectivity index (χ1n) is 5.53. The van der Waals surface area contributed by atoms with Gasteiger partial charge >= 0.3 is 24.1 Å². The van der Waals surface area contributed by atoms with Gasteiger partial charge in [-0.3, -0.25) is 4.79 Å². The zero-order valence-corrected chi connectivity index (χ0v) is 11.0. The van der Waals surface area contributed by atoms with Crippen molar-refractivity contribution in [3.05, 3.63) is 35.9 Å². The molecule has 0 fully saturated rings. The lowest BCUT2D eigenvalue weighted by Gasteiger charge is -2.12. The van der Waals surface area contributed by atoms with Gasteiger partial charge in [0.05, 0.1) is 5.56 Å². The molecule has 21 heavy (non-hydrogen) atoms. The number of aliphatic carboxylic acids is 1. The third kappa shape index (κ3) is 7.91. The molecule has 0 heterocycles. The van der Waals surface area contributed by atoms with Crippen molar-refractivity contribution < 1.29 is 38.6 Å². The van der Waals surface area contributed by atoms with Gasteiger partial charge in [-0.15, -0.1) is 0 Å². The molecule has 8 nitrogen and oxygen atoms in total. The van der Waals surface area contributed by atoms with Crippen molar-refractivity contribution in [2.24, 2.45) is 0 Å². The number of esters is 2. The number of hydrogen-bond acceptors (Lipinski definition) is 7. The largest absolute Gasteiger partial charge is 0.478 e. The number of carbonyl (C=O) groups excluding carboxylic acids is 4. The van der Waals surface area contributed by atoms with Gasteiger partial charge in [-0.25, -0.2) is 9.59 Å². The minimum absolute atomic E-state index is 0.250. The molecule has 0 radical (unpaired) electrons. The first-order valence-corrected chi connectivity index (χ1v) is 5.53. The predicted molar refractivity (Wildman–Crippen MR) is 64.9 cm³/mol. The fourth-order valence-electron chi connectivity index (χ4n) is 1.16. The van der Waals surface area contributed by atoms with Crippen LogP contribution >= 0.6 is 0 Å². The van der Waals surface area contributed by atoms with Crippen molar-refractivity contribution >= 4 is 24.1 Å². The zero-order chi connectivity index (χ0) is 16.3. The molecule has 0 aromatic heterocycles. The van der Waals surface area contributed by atoms with Gasteiger partial charge in [-0.05, 0) is 12.1 Å². The van der Waals surface area contributed by atoms with Gasteiger partial charge in [-0.2, -0.15) is 9.59 Å². The predicted octanol–water partition coefficient (Wildman–Crippen LogP) is 0.276. The lowest BCUT2D eigenvalue weighted by Crippen LogP contribution is -2.32. The quantitative estimate of drug-likeness (QED) is 0.768. The van der Waals surface area contributed by atoms with Gasteiger partial charge in [0, 0.05) is 6.92 Å². The summed E-state index contributed by atoms with van der Waals surface area (Å²) in [5.74, 6) is -2.79. The fourth-order valence-corrected chi connectivity index (χ4v) is 1.16. The number of ether oxygens (including phenoxy) is 2. The maximum atomic E-state index is 11.5. The van der Waals surface area contributed by atoms with Crippen molar-refractivity contribution in [1.82, 2.24) is 0 Å². The molecule has 1 N–H and O–H groups in total. The second-order valence-corrected chi connectivity index (χ2v) is 3.48. The Balaban J connectivity index is 0.00000122. The Kier molecular flexibility index (Phi) is 8.47. The van der Waals surface area contributed by atoms with Gasteiger partial charge < -0.3 is 14.6 Å². The van der Waals surface area contributed by atoms with E-state index in [2.05, 4.69) is 4.74 Å². The maximum Gasteiger partial charge on any atom is 0.373 e. The number of hydrogen-bond donors (Lipinski definition) is 1. The summed E-state index contributed by atoms with van der Waals surface area (Å²) in [7, 11) is 0. The number of rotatable bonds is 5. The van der Waals surface area contributed by atoms with E-state index in [1.807, 2.05) is 0 Å². The third-order valence-electron chi connectivity index (χ3n) is 1.96. The minimum atomic E-state index is -1.49. The first kappa shape index (κ1) is 18.0. The highest BCUT2D eigenvalue weighted by Crippen LogP contribution is 2.03. The molecule has 0 amide bonds. The highest BCUT2D eigenvalue weighted by Gasteiger charge is 2.23. The normalized spacial score (nSPS) is 10.1. The van der Waals surface area contributed by atoms with E-state index in [9.17, 15) is 14.4 Å². The van der Waals surface area contributed by atoms with Crippen LogP contribution in [-0.2, 0) is 28.7 Å². The van der Waals surface area contributed by atoms with Crippen LogP contribution in [-0.4, -0.2) is 41.9 Å². The molecule has 0 bridgehead atoms. The highest BCUT2D eigenvalue weighted by molar-refractivity contribution is 5.89. The van der Waals surface area contributed by atoms with E-state index in [0.717, 1.165) is 6.92 Å². The van der Waals surface area contributed by atoms with E-state index in [4.69, 9.17) is 19.4 Å². The van der Waals surface area contributed by atoms with E-state index in [1.165, 1.54) is 12.1 Å². The third-order valence-corrected chi connectivity index (χ3v) is 1.96. The molecular formula is C13H12O8. The molecule has 1 rings (SSSR count). The molecule has 0 aliphatic heterocycles. The van der Waals surface area contributed by atoms with Crippen molar-refractivity contribution in [2.75, 3.05) is 6.61 Å². The summed E-state index contributed by atoms with van der Waals surface area (Å²) in [5, 5.41) is 8.74. The summed E-state index contributed by atoms with van der Waals surface area (Å²) < 4.78 is 9.24. The highest BCUT2D eigenvalue weighted by atomic mass is 16.6. The van der Waals surface area contributed by atoms with Crippen molar-refractivity contribution in [3.63, 3.8) is 0 Å². The fraction of sp³-hybridized carbons (Fsp3) is 0.231. The van der Waals surface area contributed by atoms with Crippen molar-refractivity contribution in [2.45, 2.75) is 13.0 Å². The van der Waals surface area contributed by atoms with Gasteiger partial charge in [0.2, 0.25) is 6.10 Å². The second-order valence-electron chi connectivity index (χ2n) is 3.48. The summed E-state index contributed by atoms with van der Waals surface area (Å²) in [6, 6.07) is 8.10. The van der Waals surface area contributed by atoms with Crippen LogP contribution in [0.3, 0.4) is 0 Å². The minimum Gasteiger partial charge on any atom is -0.478 e. The molecule has 0 unspecified atom stereocenters. The van der Waals surface area contributed by atoms with Crippen LogP contribution in [0.15, 0.2) is 30.3 Å². The van der Waals surface area contributed by atoms with Crippen LogP contribution in [0.1, 0.15) is 17.3 Å². The number of carboxylic acid groups (broad SMARTS) is 1. The molecule has 0 saturated heterocycles. The van der Waals surface area contributed by atoms with Gasteiger partial charge in [0.15, 0.2) is 0 Å². The number of benzene rings is 1. The lowest BCUT2D eigenvalue weighted by molar-refractivity contribution is -0.191. The first-order chi connectivity index (χ1) is 9.92. The van der Waals surface area contributed by atoms with E-state index < -0.39 is 30.6 Å². The Morgan fingerprint density at radius 3 is 2.14 bits per heavy atom. The smallest absolute Gasteiger partial charge is 0.373 e.